The van der Waals surface area contributed by atoms with Gasteiger partial charge in [0.25, 0.3) is 0 Å². The summed E-state index contributed by atoms with van der Waals surface area (Å²) in [5, 5.41) is 11.0. The zero-order valence-corrected chi connectivity index (χ0v) is 16.1. The fourth-order valence-electron chi connectivity index (χ4n) is 3.03. The maximum absolute atomic E-state index is 12.7. The molecule has 3 rings (SSSR count). The molecule has 1 aliphatic rings. The lowest BCUT2D eigenvalue weighted by Crippen LogP contribution is -2.39. The van der Waals surface area contributed by atoms with Crippen molar-refractivity contribution in [2.24, 2.45) is 0 Å². The van der Waals surface area contributed by atoms with Crippen LogP contribution in [0.4, 0.5) is 0 Å². The molecule has 0 unspecified atom stereocenters. The number of hydrogen-bond acceptors (Lipinski definition) is 4. The number of ether oxygens (including phenoxy) is 1. The van der Waals surface area contributed by atoms with Gasteiger partial charge in [0, 0.05) is 17.9 Å². The SMILES string of the molecule is COc1ccc(C2=C[C@H](c3ccc(Cl)cc3)N(C(=O)CCCC(=O)O)N2)cc1. The maximum Gasteiger partial charge on any atom is 0.303 e. The highest BCUT2D eigenvalue weighted by Crippen LogP contribution is 2.33. The number of carbonyl (C=O) groups is 2. The van der Waals surface area contributed by atoms with Gasteiger partial charge >= 0.3 is 5.97 Å². The normalized spacial score (nSPS) is 15.7. The number of benzene rings is 2. The lowest BCUT2D eigenvalue weighted by molar-refractivity contribution is -0.137. The first kappa shape index (κ1) is 19.8. The minimum Gasteiger partial charge on any atom is -0.497 e. The van der Waals surface area contributed by atoms with Crippen molar-refractivity contribution in [3.05, 3.63) is 70.8 Å². The lowest BCUT2D eigenvalue weighted by atomic mass is 10.0. The molecule has 1 heterocycles. The van der Waals surface area contributed by atoms with Gasteiger partial charge in [-0.25, -0.2) is 5.01 Å². The smallest absolute Gasteiger partial charge is 0.303 e. The minimum atomic E-state index is -0.909. The van der Waals surface area contributed by atoms with Crippen molar-refractivity contribution >= 4 is 29.2 Å². The van der Waals surface area contributed by atoms with E-state index in [1.54, 1.807) is 24.3 Å². The van der Waals surface area contributed by atoms with Crippen LogP contribution in [0, 0.1) is 0 Å². The van der Waals surface area contributed by atoms with Crippen molar-refractivity contribution in [3.8, 4) is 5.75 Å². The van der Waals surface area contributed by atoms with Gasteiger partial charge in [-0.15, -0.1) is 0 Å². The van der Waals surface area contributed by atoms with Crippen LogP contribution in [-0.4, -0.2) is 29.1 Å². The Morgan fingerprint density at radius 2 is 1.79 bits per heavy atom. The summed E-state index contributed by atoms with van der Waals surface area (Å²) < 4.78 is 5.19. The molecule has 0 saturated carbocycles. The summed E-state index contributed by atoms with van der Waals surface area (Å²) in [6.45, 7) is 0. The Balaban J connectivity index is 1.84. The van der Waals surface area contributed by atoms with E-state index in [9.17, 15) is 9.59 Å². The van der Waals surface area contributed by atoms with Gasteiger partial charge in [0.05, 0.1) is 18.8 Å². The van der Waals surface area contributed by atoms with Gasteiger partial charge in [0.15, 0.2) is 0 Å². The molecule has 1 atom stereocenters. The quantitative estimate of drug-likeness (QED) is 0.733. The van der Waals surface area contributed by atoms with Crippen LogP contribution in [-0.2, 0) is 9.59 Å². The number of nitrogens with one attached hydrogen (secondary N) is 1. The molecule has 0 aliphatic carbocycles. The Morgan fingerprint density at radius 1 is 1.11 bits per heavy atom. The molecular weight excluding hydrogens is 380 g/mol. The van der Waals surface area contributed by atoms with Crippen molar-refractivity contribution in [1.82, 2.24) is 10.4 Å². The van der Waals surface area contributed by atoms with Crippen LogP contribution in [0.1, 0.15) is 36.4 Å². The summed E-state index contributed by atoms with van der Waals surface area (Å²) >= 11 is 5.99. The monoisotopic (exact) mass is 400 g/mol. The summed E-state index contributed by atoms with van der Waals surface area (Å²) in [4.78, 5) is 23.5. The molecule has 0 bridgehead atoms. The van der Waals surface area contributed by atoms with E-state index in [0.717, 1.165) is 22.6 Å². The molecule has 0 radical (unpaired) electrons. The molecule has 0 saturated heterocycles. The second-order valence-corrected chi connectivity index (χ2v) is 6.86. The van der Waals surface area contributed by atoms with Crippen molar-refractivity contribution in [3.63, 3.8) is 0 Å². The Hall–Kier alpha value is -2.99. The van der Waals surface area contributed by atoms with Crippen molar-refractivity contribution < 1.29 is 19.4 Å². The topological polar surface area (TPSA) is 78.9 Å². The second kappa shape index (κ2) is 8.80. The molecule has 6 nitrogen and oxygen atoms in total. The average Bonchev–Trinajstić information content (AvgIpc) is 3.14. The number of amides is 1. The van der Waals surface area contributed by atoms with E-state index >= 15 is 0 Å². The van der Waals surface area contributed by atoms with Crippen LogP contribution in [0.15, 0.2) is 54.6 Å². The number of carbonyl (C=O) groups excluding carboxylic acids is 1. The summed E-state index contributed by atoms with van der Waals surface area (Å²) in [5.74, 6) is -0.326. The van der Waals surface area contributed by atoms with Crippen LogP contribution in [0.25, 0.3) is 5.70 Å². The first-order valence-electron chi connectivity index (χ1n) is 8.90. The number of rotatable bonds is 7. The Bertz CT molecular complexity index is 878. The largest absolute Gasteiger partial charge is 0.497 e. The fraction of sp³-hybridized carbons (Fsp3) is 0.238. The first-order chi connectivity index (χ1) is 13.5. The van der Waals surface area contributed by atoms with Gasteiger partial charge in [0.2, 0.25) is 5.91 Å². The van der Waals surface area contributed by atoms with Crippen LogP contribution in [0.2, 0.25) is 5.02 Å². The molecular formula is C21H21ClN2O4. The Labute approximate surface area is 168 Å². The first-order valence-corrected chi connectivity index (χ1v) is 9.28. The van der Waals surface area contributed by atoms with Gasteiger partial charge in [-0.2, -0.15) is 0 Å². The molecule has 2 aromatic rings. The third-order valence-corrected chi connectivity index (χ3v) is 4.76. The third kappa shape index (κ3) is 4.64. The van der Waals surface area contributed by atoms with Gasteiger partial charge in [-0.1, -0.05) is 23.7 Å². The van der Waals surface area contributed by atoms with Crippen LogP contribution >= 0.6 is 11.6 Å². The number of methoxy groups -OCH3 is 1. The zero-order chi connectivity index (χ0) is 20.1. The van der Waals surface area contributed by atoms with E-state index in [-0.39, 0.29) is 31.2 Å². The molecule has 1 aliphatic heterocycles. The Kier molecular flexibility index (Phi) is 6.21. The third-order valence-electron chi connectivity index (χ3n) is 4.51. The molecule has 0 aromatic heterocycles. The highest BCUT2D eigenvalue weighted by Gasteiger charge is 2.30. The molecule has 146 valence electrons. The molecule has 1 amide bonds. The number of carboxylic acid groups (broad SMARTS) is 1. The van der Waals surface area contributed by atoms with Crippen LogP contribution < -0.4 is 10.2 Å². The average molecular weight is 401 g/mol. The number of nitrogens with zero attached hydrogens (tertiary/aromatic N) is 1. The number of aliphatic carboxylic acids is 1. The van der Waals surface area contributed by atoms with E-state index in [0.29, 0.717) is 5.02 Å². The molecule has 28 heavy (non-hydrogen) atoms. The van der Waals surface area contributed by atoms with E-state index < -0.39 is 5.97 Å². The van der Waals surface area contributed by atoms with Crippen molar-refractivity contribution in [2.45, 2.75) is 25.3 Å². The number of hydrogen-bond donors (Lipinski definition) is 2. The molecule has 7 heteroatoms. The molecule has 0 fully saturated rings. The highest BCUT2D eigenvalue weighted by molar-refractivity contribution is 6.30. The predicted molar refractivity (Wildman–Crippen MR) is 107 cm³/mol. The molecule has 2 aromatic carbocycles. The second-order valence-electron chi connectivity index (χ2n) is 6.43. The van der Waals surface area contributed by atoms with Crippen LogP contribution in [0.3, 0.4) is 0 Å². The van der Waals surface area contributed by atoms with Crippen LogP contribution in [0.5, 0.6) is 5.75 Å². The summed E-state index contributed by atoms with van der Waals surface area (Å²) in [6.07, 6.45) is 2.37. The standard InChI is InChI=1S/C21H21ClN2O4/c1-28-17-11-7-14(8-12-17)18-13-19(15-5-9-16(22)10-6-15)24(23-18)20(25)3-2-4-21(26)27/h5-13,19,23H,2-4H2,1H3,(H,26,27)/t19-/m1/s1. The summed E-state index contributed by atoms with van der Waals surface area (Å²) in [6, 6.07) is 14.5. The van der Waals surface area contributed by atoms with Gasteiger partial charge in [-0.05, 0) is 60.0 Å². The predicted octanol–water partition coefficient (Wildman–Crippen LogP) is 4.03. The van der Waals surface area contributed by atoms with E-state index in [2.05, 4.69) is 5.43 Å². The van der Waals surface area contributed by atoms with Crippen molar-refractivity contribution in [1.29, 1.82) is 0 Å². The zero-order valence-electron chi connectivity index (χ0n) is 15.4. The number of hydrazine groups is 1. The molecule has 0 spiro atoms. The van der Waals surface area contributed by atoms with E-state index in [1.165, 1.54) is 0 Å². The lowest BCUT2D eigenvalue weighted by Gasteiger charge is -2.25. The number of carboxylic acids is 1. The van der Waals surface area contributed by atoms with Gasteiger partial charge in [-0.3, -0.25) is 15.0 Å². The molecule has 2 N–H and O–H groups in total. The van der Waals surface area contributed by atoms with Gasteiger partial charge in [0.1, 0.15) is 5.75 Å². The number of halogens is 1. The van der Waals surface area contributed by atoms with Crippen molar-refractivity contribution in [2.75, 3.05) is 7.11 Å². The Morgan fingerprint density at radius 3 is 2.39 bits per heavy atom. The summed E-state index contributed by atoms with van der Waals surface area (Å²) in [7, 11) is 1.61. The van der Waals surface area contributed by atoms with E-state index in [4.69, 9.17) is 21.4 Å². The highest BCUT2D eigenvalue weighted by atomic mass is 35.5. The fourth-order valence-corrected chi connectivity index (χ4v) is 3.16. The maximum atomic E-state index is 12.7. The summed E-state index contributed by atoms with van der Waals surface area (Å²) in [5.41, 5.74) is 5.80. The van der Waals surface area contributed by atoms with E-state index in [1.807, 2.05) is 42.5 Å². The minimum absolute atomic E-state index is 0.0377. The van der Waals surface area contributed by atoms with Gasteiger partial charge < -0.3 is 9.84 Å².